The summed E-state index contributed by atoms with van der Waals surface area (Å²) in [7, 11) is -3.81. The third kappa shape index (κ3) is 1.94. The van der Waals surface area contributed by atoms with Crippen molar-refractivity contribution in [2.24, 2.45) is 4.99 Å². The molecule has 7 heteroatoms. The highest BCUT2D eigenvalue weighted by molar-refractivity contribution is 8.10. The van der Waals surface area contributed by atoms with Gasteiger partial charge in [-0.1, -0.05) is 11.6 Å². The Morgan fingerprint density at radius 3 is 2.38 bits per heavy atom. The molecule has 16 heavy (non-hydrogen) atoms. The molecule has 1 heterocycles. The molecule has 4 nitrogen and oxygen atoms in total. The van der Waals surface area contributed by atoms with Gasteiger partial charge in [-0.15, -0.1) is 0 Å². The SMILES string of the molecule is O=S1(=O)C(Cl)=CN=C1Oc1ccc(F)cc1. The fraction of sp³-hybridized carbons (Fsp3) is 0. The van der Waals surface area contributed by atoms with Crippen LogP contribution in [-0.2, 0) is 9.84 Å². The second kappa shape index (κ2) is 3.88. The van der Waals surface area contributed by atoms with Gasteiger partial charge in [-0.3, -0.25) is 0 Å². The summed E-state index contributed by atoms with van der Waals surface area (Å²) in [5.74, 6) is -0.275. The highest BCUT2D eigenvalue weighted by Crippen LogP contribution is 2.23. The van der Waals surface area contributed by atoms with Gasteiger partial charge in [-0.2, -0.15) is 0 Å². The molecule has 84 valence electrons. The largest absolute Gasteiger partial charge is 0.430 e. The summed E-state index contributed by atoms with van der Waals surface area (Å²) in [6, 6.07) is 4.87. The number of ether oxygens (including phenoxy) is 1. The Bertz CT molecular complexity index is 577. The van der Waals surface area contributed by atoms with Crippen molar-refractivity contribution in [3.63, 3.8) is 0 Å². The van der Waals surface area contributed by atoms with Crippen molar-refractivity contribution in [1.29, 1.82) is 0 Å². The molecule has 1 aromatic carbocycles. The molecule has 0 aliphatic carbocycles. The maximum atomic E-state index is 12.6. The second-order valence-electron chi connectivity index (χ2n) is 2.89. The number of halogens is 2. The fourth-order valence-corrected chi connectivity index (χ4v) is 2.01. The van der Waals surface area contributed by atoms with E-state index in [1.165, 1.54) is 12.1 Å². The van der Waals surface area contributed by atoms with E-state index in [0.717, 1.165) is 18.3 Å². The maximum Gasteiger partial charge on any atom is 0.321 e. The lowest BCUT2D eigenvalue weighted by Gasteiger charge is -2.04. The lowest BCUT2D eigenvalue weighted by molar-refractivity contribution is 0.546. The molecule has 0 fully saturated rings. The van der Waals surface area contributed by atoms with Crippen molar-refractivity contribution >= 4 is 26.7 Å². The van der Waals surface area contributed by atoms with E-state index >= 15 is 0 Å². The molecule has 2 rings (SSSR count). The Hall–Kier alpha value is -1.40. The predicted molar refractivity (Wildman–Crippen MR) is 57.3 cm³/mol. The summed E-state index contributed by atoms with van der Waals surface area (Å²) in [5, 5.41) is -0.510. The molecule has 0 aromatic heterocycles. The molecule has 1 aromatic rings. The van der Waals surface area contributed by atoms with Crippen LogP contribution in [-0.4, -0.2) is 13.6 Å². The lowest BCUT2D eigenvalue weighted by atomic mass is 10.3. The van der Waals surface area contributed by atoms with E-state index in [4.69, 9.17) is 16.3 Å². The second-order valence-corrected chi connectivity index (χ2v) is 5.31. The normalized spacial score (nSPS) is 17.9. The first-order chi connectivity index (χ1) is 7.50. The predicted octanol–water partition coefficient (Wildman–Crippen LogP) is 2.03. The lowest BCUT2D eigenvalue weighted by Crippen LogP contribution is -2.17. The van der Waals surface area contributed by atoms with Crippen LogP contribution < -0.4 is 4.74 Å². The van der Waals surface area contributed by atoms with Gasteiger partial charge in [0.25, 0.3) is 9.84 Å². The van der Waals surface area contributed by atoms with Crippen molar-refractivity contribution in [3.8, 4) is 5.75 Å². The van der Waals surface area contributed by atoms with Crippen LogP contribution in [0.15, 0.2) is 39.8 Å². The number of aliphatic imine (C=N–C) groups is 1. The van der Waals surface area contributed by atoms with Crippen molar-refractivity contribution in [1.82, 2.24) is 0 Å². The van der Waals surface area contributed by atoms with E-state index in [1.54, 1.807) is 0 Å². The molecule has 0 amide bonds. The zero-order chi connectivity index (χ0) is 11.8. The van der Waals surface area contributed by atoms with Gasteiger partial charge in [-0.25, -0.2) is 17.8 Å². The molecule has 0 atom stereocenters. The van der Waals surface area contributed by atoms with Crippen LogP contribution >= 0.6 is 11.6 Å². The number of rotatable bonds is 1. The zero-order valence-corrected chi connectivity index (χ0v) is 9.30. The number of nitrogens with zero attached hydrogens (tertiary/aromatic N) is 1. The zero-order valence-electron chi connectivity index (χ0n) is 7.72. The first-order valence-corrected chi connectivity index (χ1v) is 5.98. The van der Waals surface area contributed by atoms with Crippen molar-refractivity contribution in [2.45, 2.75) is 0 Å². The fourth-order valence-electron chi connectivity index (χ4n) is 1.01. The van der Waals surface area contributed by atoms with Gasteiger partial charge in [0, 0.05) is 0 Å². The minimum atomic E-state index is -3.81. The molecule has 0 unspecified atom stereocenters. The summed E-state index contributed by atoms with van der Waals surface area (Å²) >= 11 is 5.41. The Morgan fingerprint density at radius 1 is 1.25 bits per heavy atom. The Kier molecular flexibility index (Phi) is 2.69. The molecular formula is C9H5ClFNO3S. The first kappa shape index (κ1) is 11.1. The van der Waals surface area contributed by atoms with Crippen LogP contribution in [0.3, 0.4) is 0 Å². The van der Waals surface area contributed by atoms with E-state index in [1.807, 2.05) is 0 Å². The van der Waals surface area contributed by atoms with Crippen molar-refractivity contribution in [2.75, 3.05) is 0 Å². The Labute approximate surface area is 95.9 Å². The average molecular weight is 262 g/mol. The molecule has 1 aliphatic heterocycles. The Morgan fingerprint density at radius 2 is 1.88 bits per heavy atom. The van der Waals surface area contributed by atoms with Gasteiger partial charge in [0.2, 0.25) is 0 Å². The van der Waals surface area contributed by atoms with Gasteiger partial charge in [0.15, 0.2) is 4.36 Å². The molecule has 0 saturated heterocycles. The summed E-state index contributed by atoms with van der Waals surface area (Å²) in [6.07, 6.45) is 0.982. The number of benzene rings is 1. The van der Waals surface area contributed by atoms with Crippen molar-refractivity contribution < 1.29 is 17.5 Å². The number of hydrogen-bond acceptors (Lipinski definition) is 4. The van der Waals surface area contributed by atoms with Gasteiger partial charge < -0.3 is 4.74 Å². The minimum Gasteiger partial charge on any atom is -0.430 e. The minimum absolute atomic E-state index is 0.170. The van der Waals surface area contributed by atoms with Crippen LogP contribution in [0.5, 0.6) is 5.75 Å². The summed E-state index contributed by atoms with van der Waals surface area (Å²) in [6.45, 7) is 0. The summed E-state index contributed by atoms with van der Waals surface area (Å²) in [4.78, 5) is 3.51. The van der Waals surface area contributed by atoms with E-state index in [9.17, 15) is 12.8 Å². The van der Waals surface area contributed by atoms with E-state index < -0.39 is 25.2 Å². The van der Waals surface area contributed by atoms with Gasteiger partial charge in [-0.05, 0) is 24.3 Å². The van der Waals surface area contributed by atoms with Crippen LogP contribution in [0.1, 0.15) is 0 Å². The summed E-state index contributed by atoms with van der Waals surface area (Å²) < 4.78 is 40.0. The van der Waals surface area contributed by atoms with Gasteiger partial charge in [0.1, 0.15) is 11.6 Å². The first-order valence-electron chi connectivity index (χ1n) is 4.12. The smallest absolute Gasteiger partial charge is 0.321 e. The molecule has 1 aliphatic rings. The number of hydrogen-bond donors (Lipinski definition) is 0. The topological polar surface area (TPSA) is 55.7 Å². The molecule has 0 radical (unpaired) electrons. The van der Waals surface area contributed by atoms with Crippen LogP contribution in [0, 0.1) is 5.82 Å². The summed E-state index contributed by atoms with van der Waals surface area (Å²) in [5.41, 5.74) is 0. The molecule has 0 saturated carbocycles. The molecule has 0 spiro atoms. The van der Waals surface area contributed by atoms with Gasteiger partial charge in [0.05, 0.1) is 6.20 Å². The van der Waals surface area contributed by atoms with E-state index in [2.05, 4.69) is 4.99 Å². The monoisotopic (exact) mass is 261 g/mol. The Balaban J connectivity index is 2.23. The molecular weight excluding hydrogens is 257 g/mol. The van der Waals surface area contributed by atoms with Crippen LogP contribution in [0.25, 0.3) is 0 Å². The molecule has 0 N–H and O–H groups in total. The standard InChI is InChI=1S/C9H5ClFNO3S/c10-8-5-12-9(16(8,13)14)15-7-3-1-6(11)2-4-7/h1-5H. The highest BCUT2D eigenvalue weighted by atomic mass is 35.5. The van der Waals surface area contributed by atoms with E-state index in [0.29, 0.717) is 0 Å². The quantitative estimate of drug-likeness (QED) is 0.777. The van der Waals surface area contributed by atoms with Crippen molar-refractivity contribution in [3.05, 3.63) is 40.6 Å². The molecule has 0 bridgehead atoms. The highest BCUT2D eigenvalue weighted by Gasteiger charge is 2.30. The maximum absolute atomic E-state index is 12.6. The van der Waals surface area contributed by atoms with E-state index in [-0.39, 0.29) is 5.75 Å². The average Bonchev–Trinajstić information content (AvgIpc) is 2.48. The van der Waals surface area contributed by atoms with Crippen LogP contribution in [0.2, 0.25) is 0 Å². The van der Waals surface area contributed by atoms with Crippen LogP contribution in [0.4, 0.5) is 4.39 Å². The third-order valence-electron chi connectivity index (χ3n) is 1.78. The van der Waals surface area contributed by atoms with Gasteiger partial charge >= 0.3 is 5.23 Å². The number of sulfone groups is 1. The third-order valence-corrected chi connectivity index (χ3v) is 3.75.